The van der Waals surface area contributed by atoms with Gasteiger partial charge in [0.15, 0.2) is 6.79 Å². The molecule has 1 spiro atoms. The number of ether oxygens (including phenoxy) is 3. The Morgan fingerprint density at radius 1 is 1.11 bits per heavy atom. The number of thiazole rings is 1. The molecule has 0 radical (unpaired) electrons. The predicted octanol–water partition coefficient (Wildman–Crippen LogP) is 3.71. The molecule has 1 aromatic heterocycles. The van der Waals surface area contributed by atoms with Gasteiger partial charge >= 0.3 is 0 Å². The van der Waals surface area contributed by atoms with E-state index in [4.69, 9.17) is 14.2 Å². The molecule has 0 amide bonds. The lowest BCUT2D eigenvalue weighted by atomic mass is 9.77. The van der Waals surface area contributed by atoms with Crippen molar-refractivity contribution in [2.45, 2.75) is 18.6 Å². The minimum absolute atomic E-state index is 0.159. The van der Waals surface area contributed by atoms with E-state index in [0.29, 0.717) is 20.0 Å². The van der Waals surface area contributed by atoms with E-state index in [0.717, 1.165) is 30.2 Å². The summed E-state index contributed by atoms with van der Waals surface area (Å²) >= 11 is 1.70. The molecule has 3 aromatic rings. The van der Waals surface area contributed by atoms with Gasteiger partial charge in [0.05, 0.1) is 24.1 Å². The maximum absolute atomic E-state index is 6.20. The van der Waals surface area contributed by atoms with Gasteiger partial charge in [0.2, 0.25) is 0 Å². The Morgan fingerprint density at radius 2 is 2.07 bits per heavy atom. The smallest absolute Gasteiger partial charge is 0.189 e. The number of hydrogen-bond donors (Lipinski definition) is 0. The predicted molar refractivity (Wildman–Crippen MR) is 103 cm³/mol. The molecule has 1 atom stereocenters. The third-order valence-electron chi connectivity index (χ3n) is 5.76. The first-order valence-corrected chi connectivity index (χ1v) is 9.94. The Balaban J connectivity index is 1.47. The van der Waals surface area contributed by atoms with Gasteiger partial charge in [0.25, 0.3) is 0 Å². The van der Waals surface area contributed by atoms with Crippen molar-refractivity contribution >= 4 is 17.0 Å². The van der Waals surface area contributed by atoms with Crippen LogP contribution in [0.1, 0.15) is 21.6 Å². The number of fused-ring (bicyclic) bond motifs is 5. The van der Waals surface area contributed by atoms with E-state index < -0.39 is 0 Å². The van der Waals surface area contributed by atoms with Crippen LogP contribution >= 0.6 is 11.3 Å². The van der Waals surface area contributed by atoms with Crippen LogP contribution in [0.4, 0.5) is 5.69 Å². The molecule has 136 valence electrons. The first kappa shape index (κ1) is 15.5. The molecule has 2 aromatic carbocycles. The molecule has 27 heavy (non-hydrogen) atoms. The quantitative estimate of drug-likeness (QED) is 0.680. The summed E-state index contributed by atoms with van der Waals surface area (Å²) in [6, 6.07) is 13.0. The van der Waals surface area contributed by atoms with E-state index in [2.05, 4.69) is 46.3 Å². The van der Waals surface area contributed by atoms with Crippen LogP contribution in [-0.2, 0) is 23.3 Å². The molecule has 0 fully saturated rings. The molecule has 0 bridgehead atoms. The summed E-state index contributed by atoms with van der Waals surface area (Å²) in [5.74, 6) is 1.88. The molecule has 0 N–H and O–H groups in total. The van der Waals surface area contributed by atoms with Crippen molar-refractivity contribution in [3.05, 3.63) is 69.7 Å². The second kappa shape index (κ2) is 5.71. The van der Waals surface area contributed by atoms with Gasteiger partial charge in [-0.25, -0.2) is 0 Å². The molecule has 6 heteroatoms. The van der Waals surface area contributed by atoms with E-state index in [-0.39, 0.29) is 5.41 Å². The molecule has 0 aliphatic carbocycles. The summed E-state index contributed by atoms with van der Waals surface area (Å²) in [5.41, 5.74) is 6.64. The van der Waals surface area contributed by atoms with Crippen LogP contribution in [0, 0.1) is 0 Å². The molecule has 6 rings (SSSR count). The van der Waals surface area contributed by atoms with Gasteiger partial charge < -0.3 is 19.1 Å². The second-order valence-electron chi connectivity index (χ2n) is 7.28. The summed E-state index contributed by atoms with van der Waals surface area (Å²) in [7, 11) is 0. The lowest BCUT2D eigenvalue weighted by molar-refractivity contribution is -0.0165. The fraction of sp³-hybridized carbons (Fsp3) is 0.286. The Morgan fingerprint density at radius 3 is 3.00 bits per heavy atom. The van der Waals surface area contributed by atoms with E-state index in [1.165, 1.54) is 21.7 Å². The highest BCUT2D eigenvalue weighted by Crippen LogP contribution is 2.53. The second-order valence-corrected chi connectivity index (χ2v) is 8.25. The molecule has 0 saturated heterocycles. The highest BCUT2D eigenvalue weighted by molar-refractivity contribution is 7.09. The minimum Gasteiger partial charge on any atom is -0.492 e. The van der Waals surface area contributed by atoms with Crippen molar-refractivity contribution in [2.75, 3.05) is 24.8 Å². The first-order valence-electron chi connectivity index (χ1n) is 9.06. The summed E-state index contributed by atoms with van der Waals surface area (Å²) in [4.78, 5) is 7.95. The highest BCUT2D eigenvalue weighted by Gasteiger charge is 2.50. The molecule has 4 heterocycles. The largest absolute Gasteiger partial charge is 0.492 e. The Labute approximate surface area is 161 Å². The maximum Gasteiger partial charge on any atom is 0.189 e. The van der Waals surface area contributed by atoms with Gasteiger partial charge in [-0.3, -0.25) is 4.98 Å². The van der Waals surface area contributed by atoms with Crippen LogP contribution in [0.25, 0.3) is 0 Å². The van der Waals surface area contributed by atoms with Crippen molar-refractivity contribution in [1.29, 1.82) is 0 Å². The Kier molecular flexibility index (Phi) is 3.28. The maximum atomic E-state index is 6.20. The molecule has 3 aliphatic rings. The average Bonchev–Trinajstić information content (AvgIpc) is 3.42. The van der Waals surface area contributed by atoms with Gasteiger partial charge in [0, 0.05) is 34.4 Å². The third kappa shape index (κ3) is 2.23. The van der Waals surface area contributed by atoms with Crippen LogP contribution in [0.15, 0.2) is 48.1 Å². The molecule has 1 unspecified atom stereocenters. The van der Waals surface area contributed by atoms with Crippen LogP contribution in [0.3, 0.4) is 0 Å². The van der Waals surface area contributed by atoms with Crippen molar-refractivity contribution in [3.8, 4) is 11.5 Å². The highest BCUT2D eigenvalue weighted by atomic mass is 32.1. The zero-order chi connectivity index (χ0) is 17.8. The number of rotatable bonds is 2. The normalized spacial score (nSPS) is 22.1. The molecular formula is C21H18N2O3S. The first-order chi connectivity index (χ1) is 13.3. The zero-order valence-corrected chi connectivity index (χ0v) is 15.5. The molecular weight excluding hydrogens is 360 g/mol. The molecule has 0 saturated carbocycles. The van der Waals surface area contributed by atoms with Gasteiger partial charge in [-0.2, -0.15) is 0 Å². The van der Waals surface area contributed by atoms with Crippen LogP contribution in [0.2, 0.25) is 0 Å². The zero-order valence-electron chi connectivity index (χ0n) is 14.7. The van der Waals surface area contributed by atoms with E-state index in [1.807, 2.05) is 11.7 Å². The fourth-order valence-corrected chi connectivity index (χ4v) is 5.14. The van der Waals surface area contributed by atoms with Crippen LogP contribution in [0.5, 0.6) is 11.5 Å². The molecule has 5 nitrogen and oxygen atoms in total. The van der Waals surface area contributed by atoms with Gasteiger partial charge in [0.1, 0.15) is 18.1 Å². The van der Waals surface area contributed by atoms with E-state index in [9.17, 15) is 0 Å². The number of hydrogen-bond acceptors (Lipinski definition) is 6. The monoisotopic (exact) mass is 378 g/mol. The lowest BCUT2D eigenvalue weighted by Crippen LogP contribution is -2.35. The van der Waals surface area contributed by atoms with Gasteiger partial charge in [-0.15, -0.1) is 11.3 Å². The number of para-hydroxylation sites is 1. The summed E-state index contributed by atoms with van der Waals surface area (Å²) in [6.45, 7) is 3.31. The van der Waals surface area contributed by atoms with Crippen molar-refractivity contribution < 1.29 is 14.2 Å². The van der Waals surface area contributed by atoms with Crippen LogP contribution in [-0.4, -0.2) is 24.9 Å². The average molecular weight is 378 g/mol. The fourth-order valence-electron chi connectivity index (χ4n) is 4.53. The van der Waals surface area contributed by atoms with Crippen molar-refractivity contribution in [2.24, 2.45) is 0 Å². The number of nitrogens with zero attached hydrogens (tertiary/aromatic N) is 2. The number of anilines is 1. The standard InChI is InChI=1S/C21H18N2O3S/c1-2-4-18-16(3-1)21(10-23(18)8-15-7-22-12-27-15)11-25-20-5-14-9-24-13-26-19(14)6-17(20)21/h1-7,12H,8-11,13H2. The van der Waals surface area contributed by atoms with Gasteiger partial charge in [-0.05, 0) is 23.8 Å². The van der Waals surface area contributed by atoms with Gasteiger partial charge in [-0.1, -0.05) is 18.2 Å². The van der Waals surface area contributed by atoms with Crippen molar-refractivity contribution in [3.63, 3.8) is 0 Å². The van der Waals surface area contributed by atoms with E-state index >= 15 is 0 Å². The summed E-state index contributed by atoms with van der Waals surface area (Å²) < 4.78 is 17.4. The number of aromatic nitrogens is 1. The third-order valence-corrected chi connectivity index (χ3v) is 6.52. The lowest BCUT2D eigenvalue weighted by Gasteiger charge is -2.26. The Bertz CT molecular complexity index is 1020. The minimum atomic E-state index is -0.159. The molecule has 3 aliphatic heterocycles. The Hall–Kier alpha value is -2.57. The number of benzene rings is 2. The van der Waals surface area contributed by atoms with Crippen LogP contribution < -0.4 is 14.4 Å². The topological polar surface area (TPSA) is 43.8 Å². The SMILES string of the molecule is c1ccc2c(c1)N(Cc1cncs1)CC21COc2cc3c(cc21)OCOC3. The summed E-state index contributed by atoms with van der Waals surface area (Å²) in [6.07, 6.45) is 1.96. The van der Waals surface area contributed by atoms with E-state index in [1.54, 1.807) is 11.3 Å². The van der Waals surface area contributed by atoms with Crippen molar-refractivity contribution in [1.82, 2.24) is 4.98 Å². The summed E-state index contributed by atoms with van der Waals surface area (Å²) in [5, 5.41) is 0.